The fourth-order valence-electron chi connectivity index (χ4n) is 1.61. The molecule has 1 heterocycles. The number of non-ortho nitro benzene ring substituents is 1. The SMILES string of the molecule is C[B]c1ccc([N+](=O)[O-])c2cnccc12. The van der Waals surface area contributed by atoms with E-state index in [2.05, 4.69) is 4.98 Å². The van der Waals surface area contributed by atoms with Crippen LogP contribution in [0.2, 0.25) is 6.82 Å². The van der Waals surface area contributed by atoms with Crippen LogP contribution in [0.25, 0.3) is 10.8 Å². The number of hydrogen-bond donors (Lipinski definition) is 0. The summed E-state index contributed by atoms with van der Waals surface area (Å²) in [4.78, 5) is 14.3. The van der Waals surface area contributed by atoms with Crippen LogP contribution in [0.5, 0.6) is 0 Å². The number of fused-ring (bicyclic) bond motifs is 1. The van der Waals surface area contributed by atoms with E-state index in [1.807, 2.05) is 14.1 Å². The van der Waals surface area contributed by atoms with Crippen LogP contribution in [0, 0.1) is 10.1 Å². The standard InChI is InChI=1S/C10H8BN2O2/c1-11-9-2-3-10(13(14)15)8-6-12-5-4-7(8)9/h2-6H,1H3. The number of nitrogens with zero attached hydrogens (tertiary/aromatic N) is 2. The minimum atomic E-state index is -0.385. The second-order valence-corrected chi connectivity index (χ2v) is 3.14. The van der Waals surface area contributed by atoms with E-state index < -0.39 is 0 Å². The highest BCUT2D eigenvalue weighted by Crippen LogP contribution is 2.22. The molecule has 2 aromatic rings. The number of benzene rings is 1. The van der Waals surface area contributed by atoms with Crippen molar-refractivity contribution in [1.82, 2.24) is 4.98 Å². The van der Waals surface area contributed by atoms with E-state index in [0.717, 1.165) is 10.8 Å². The highest BCUT2D eigenvalue weighted by molar-refractivity contribution is 6.55. The molecule has 0 fully saturated rings. The van der Waals surface area contributed by atoms with Crippen molar-refractivity contribution < 1.29 is 4.92 Å². The van der Waals surface area contributed by atoms with Gasteiger partial charge in [-0.1, -0.05) is 18.4 Å². The summed E-state index contributed by atoms with van der Waals surface area (Å²) in [5.41, 5.74) is 1.08. The quantitative estimate of drug-likeness (QED) is 0.418. The van der Waals surface area contributed by atoms with Gasteiger partial charge in [0, 0.05) is 18.5 Å². The lowest BCUT2D eigenvalue weighted by Gasteiger charge is -2.03. The number of nitro benzene ring substituents is 1. The van der Waals surface area contributed by atoms with E-state index in [-0.39, 0.29) is 10.6 Å². The molecule has 0 aliphatic rings. The summed E-state index contributed by atoms with van der Waals surface area (Å²) in [7, 11) is 1.92. The fourth-order valence-corrected chi connectivity index (χ4v) is 1.61. The Morgan fingerprint density at radius 1 is 1.33 bits per heavy atom. The molecule has 0 amide bonds. The first kappa shape index (κ1) is 9.64. The molecule has 15 heavy (non-hydrogen) atoms. The molecule has 73 valence electrons. The van der Waals surface area contributed by atoms with E-state index in [4.69, 9.17) is 0 Å². The minimum Gasteiger partial charge on any atom is -0.264 e. The van der Waals surface area contributed by atoms with Crippen molar-refractivity contribution in [1.29, 1.82) is 0 Å². The molecule has 0 aliphatic carbocycles. The van der Waals surface area contributed by atoms with Gasteiger partial charge in [-0.15, -0.1) is 0 Å². The summed E-state index contributed by atoms with van der Waals surface area (Å²) in [5.74, 6) is 0. The van der Waals surface area contributed by atoms with Gasteiger partial charge >= 0.3 is 0 Å². The maximum Gasteiger partial charge on any atom is 0.278 e. The highest BCUT2D eigenvalue weighted by Gasteiger charge is 2.13. The number of nitro groups is 1. The Morgan fingerprint density at radius 3 is 2.80 bits per heavy atom. The second kappa shape index (κ2) is 3.69. The Labute approximate surface area is 87.3 Å². The molecule has 0 bridgehead atoms. The van der Waals surface area contributed by atoms with Crippen molar-refractivity contribution in [3.8, 4) is 0 Å². The summed E-state index contributed by atoms with van der Waals surface area (Å²) < 4.78 is 0. The van der Waals surface area contributed by atoms with Crippen LogP contribution in [0.4, 0.5) is 5.69 Å². The lowest BCUT2D eigenvalue weighted by atomic mass is 9.71. The zero-order valence-electron chi connectivity index (χ0n) is 8.18. The summed E-state index contributed by atoms with van der Waals surface area (Å²) in [6, 6.07) is 5.05. The van der Waals surface area contributed by atoms with Gasteiger partial charge in [-0.2, -0.15) is 0 Å². The molecule has 0 unspecified atom stereocenters. The van der Waals surface area contributed by atoms with E-state index >= 15 is 0 Å². The molecule has 0 atom stereocenters. The molecule has 0 saturated carbocycles. The molecule has 1 radical (unpaired) electrons. The van der Waals surface area contributed by atoms with Crippen molar-refractivity contribution in [2.24, 2.45) is 0 Å². The molecule has 1 aromatic carbocycles. The van der Waals surface area contributed by atoms with Gasteiger partial charge in [0.25, 0.3) is 5.69 Å². The van der Waals surface area contributed by atoms with E-state index in [1.54, 1.807) is 18.3 Å². The number of rotatable bonds is 2. The predicted molar refractivity (Wildman–Crippen MR) is 59.6 cm³/mol. The number of aromatic nitrogens is 1. The van der Waals surface area contributed by atoms with E-state index in [0.29, 0.717) is 5.39 Å². The number of pyridine rings is 1. The van der Waals surface area contributed by atoms with Crippen molar-refractivity contribution >= 4 is 29.2 Å². The maximum atomic E-state index is 10.8. The Morgan fingerprint density at radius 2 is 2.13 bits per heavy atom. The van der Waals surface area contributed by atoms with Gasteiger partial charge in [-0.25, -0.2) is 0 Å². The Kier molecular flexibility index (Phi) is 2.37. The van der Waals surface area contributed by atoms with Gasteiger partial charge in [0.15, 0.2) is 0 Å². The van der Waals surface area contributed by atoms with Crippen molar-refractivity contribution in [3.05, 3.63) is 40.7 Å². The molecular formula is C10H8BN2O2. The molecule has 0 saturated heterocycles. The first-order chi connectivity index (χ1) is 7.24. The number of hydrogen-bond acceptors (Lipinski definition) is 3. The van der Waals surface area contributed by atoms with Crippen LogP contribution < -0.4 is 5.46 Å². The highest BCUT2D eigenvalue weighted by atomic mass is 16.6. The fraction of sp³-hybridized carbons (Fsp3) is 0.100. The summed E-state index contributed by atoms with van der Waals surface area (Å²) in [5, 5.41) is 12.2. The molecular weight excluding hydrogens is 191 g/mol. The van der Waals surface area contributed by atoms with Crippen LogP contribution >= 0.6 is 0 Å². The first-order valence-corrected chi connectivity index (χ1v) is 4.54. The minimum absolute atomic E-state index is 0.101. The second-order valence-electron chi connectivity index (χ2n) is 3.14. The molecule has 1 aromatic heterocycles. The zero-order valence-corrected chi connectivity index (χ0v) is 8.18. The topological polar surface area (TPSA) is 56.0 Å². The summed E-state index contributed by atoms with van der Waals surface area (Å²) in [6.07, 6.45) is 3.17. The van der Waals surface area contributed by atoms with E-state index in [1.165, 1.54) is 12.3 Å². The Balaban J connectivity index is 2.83. The normalized spacial score (nSPS) is 10.2. The van der Waals surface area contributed by atoms with Gasteiger partial charge in [0.1, 0.15) is 7.28 Å². The molecule has 2 rings (SSSR count). The van der Waals surface area contributed by atoms with Crippen LogP contribution in [-0.2, 0) is 0 Å². The largest absolute Gasteiger partial charge is 0.278 e. The summed E-state index contributed by atoms with van der Waals surface area (Å²) >= 11 is 0. The van der Waals surface area contributed by atoms with Gasteiger partial charge in [-0.05, 0) is 11.5 Å². The Hall–Kier alpha value is -1.91. The van der Waals surface area contributed by atoms with Crippen LogP contribution in [0.3, 0.4) is 0 Å². The third-order valence-corrected chi connectivity index (χ3v) is 2.34. The average molecular weight is 199 g/mol. The van der Waals surface area contributed by atoms with Crippen LogP contribution in [0.15, 0.2) is 30.6 Å². The summed E-state index contributed by atoms with van der Waals surface area (Å²) in [6.45, 7) is 1.90. The third kappa shape index (κ3) is 1.56. The third-order valence-electron chi connectivity index (χ3n) is 2.34. The van der Waals surface area contributed by atoms with Crippen LogP contribution in [0.1, 0.15) is 0 Å². The average Bonchev–Trinajstić information content (AvgIpc) is 2.27. The molecule has 0 aliphatic heterocycles. The molecule has 4 nitrogen and oxygen atoms in total. The zero-order chi connectivity index (χ0) is 10.8. The molecule has 0 spiro atoms. The van der Waals surface area contributed by atoms with Crippen molar-refractivity contribution in [3.63, 3.8) is 0 Å². The van der Waals surface area contributed by atoms with Gasteiger partial charge < -0.3 is 0 Å². The van der Waals surface area contributed by atoms with Crippen LogP contribution in [-0.4, -0.2) is 17.2 Å². The predicted octanol–water partition coefficient (Wildman–Crippen LogP) is 1.52. The van der Waals surface area contributed by atoms with Crippen molar-refractivity contribution in [2.45, 2.75) is 6.82 Å². The lowest BCUT2D eigenvalue weighted by molar-refractivity contribution is -0.383. The van der Waals surface area contributed by atoms with Gasteiger partial charge in [0.2, 0.25) is 0 Å². The van der Waals surface area contributed by atoms with Gasteiger partial charge in [0.05, 0.1) is 10.3 Å². The van der Waals surface area contributed by atoms with E-state index in [9.17, 15) is 10.1 Å². The lowest BCUT2D eigenvalue weighted by Crippen LogP contribution is -2.12. The van der Waals surface area contributed by atoms with Crippen molar-refractivity contribution in [2.75, 3.05) is 0 Å². The first-order valence-electron chi connectivity index (χ1n) is 4.54. The molecule has 0 N–H and O–H groups in total. The monoisotopic (exact) mass is 199 g/mol. The maximum absolute atomic E-state index is 10.8. The Bertz CT molecular complexity index is 528. The molecule has 5 heteroatoms. The smallest absolute Gasteiger partial charge is 0.264 e. The van der Waals surface area contributed by atoms with Gasteiger partial charge in [-0.3, -0.25) is 15.1 Å².